The monoisotopic (exact) mass is 220 g/mol. The average molecular weight is 220 g/mol. The van der Waals surface area contributed by atoms with Crippen LogP contribution < -0.4 is 0 Å². The Labute approximate surface area is 99.5 Å². The first kappa shape index (κ1) is 13.2. The predicted molar refractivity (Wildman–Crippen MR) is 69.5 cm³/mol. The molecular weight excluding hydrogens is 196 g/mol. The lowest BCUT2D eigenvalue weighted by Gasteiger charge is -2.19. The summed E-state index contributed by atoms with van der Waals surface area (Å²) in [5.41, 5.74) is 2.72. The van der Waals surface area contributed by atoms with Gasteiger partial charge in [0.2, 0.25) is 0 Å². The van der Waals surface area contributed by atoms with Crippen LogP contribution in [0.5, 0.6) is 0 Å². The van der Waals surface area contributed by atoms with Crippen molar-refractivity contribution in [1.29, 1.82) is 0 Å². The molecule has 0 fully saturated rings. The van der Waals surface area contributed by atoms with Gasteiger partial charge in [0.25, 0.3) is 0 Å². The number of aliphatic hydroxyl groups excluding tert-OH is 1. The van der Waals surface area contributed by atoms with Crippen LogP contribution in [0, 0.1) is 18.8 Å². The third-order valence-electron chi connectivity index (χ3n) is 3.46. The summed E-state index contributed by atoms with van der Waals surface area (Å²) in [5, 5.41) is 9.42. The van der Waals surface area contributed by atoms with Gasteiger partial charge in [0.1, 0.15) is 0 Å². The van der Waals surface area contributed by atoms with E-state index in [2.05, 4.69) is 45.0 Å². The van der Waals surface area contributed by atoms with E-state index in [9.17, 15) is 5.11 Å². The number of aliphatic hydroxyl groups is 1. The first-order chi connectivity index (χ1) is 7.67. The third kappa shape index (κ3) is 3.97. The Bertz CT molecular complexity index is 306. The van der Waals surface area contributed by atoms with Crippen molar-refractivity contribution in [3.8, 4) is 0 Å². The van der Waals surface area contributed by atoms with Gasteiger partial charge in [0, 0.05) is 6.61 Å². The predicted octanol–water partition coefficient (Wildman–Crippen LogP) is 3.58. The van der Waals surface area contributed by atoms with Crippen molar-refractivity contribution in [3.63, 3.8) is 0 Å². The van der Waals surface area contributed by atoms with Gasteiger partial charge in [-0.2, -0.15) is 0 Å². The molecule has 0 saturated carbocycles. The zero-order chi connectivity index (χ0) is 12.0. The van der Waals surface area contributed by atoms with Crippen molar-refractivity contribution in [2.75, 3.05) is 6.61 Å². The minimum absolute atomic E-state index is 0.304. The Morgan fingerprint density at radius 1 is 1.25 bits per heavy atom. The van der Waals surface area contributed by atoms with Crippen LogP contribution in [0.2, 0.25) is 0 Å². The fraction of sp³-hybridized carbons (Fsp3) is 0.600. The van der Waals surface area contributed by atoms with Gasteiger partial charge in [-0.05, 0) is 42.7 Å². The molecule has 16 heavy (non-hydrogen) atoms. The van der Waals surface area contributed by atoms with Crippen molar-refractivity contribution >= 4 is 0 Å². The molecule has 2 unspecified atom stereocenters. The minimum atomic E-state index is 0.304. The highest BCUT2D eigenvalue weighted by Gasteiger charge is 2.13. The SMILES string of the molecule is CCC(C)CC(CO)Cc1ccccc1C. The maximum absolute atomic E-state index is 9.42. The van der Waals surface area contributed by atoms with E-state index in [1.165, 1.54) is 17.5 Å². The molecule has 0 amide bonds. The molecule has 90 valence electrons. The van der Waals surface area contributed by atoms with Gasteiger partial charge >= 0.3 is 0 Å². The smallest absolute Gasteiger partial charge is 0.0462 e. The van der Waals surface area contributed by atoms with E-state index in [1.54, 1.807) is 0 Å². The second-order valence-electron chi connectivity index (χ2n) is 4.93. The standard InChI is InChI=1S/C15H24O/c1-4-12(2)9-14(11-16)10-15-8-6-5-7-13(15)3/h5-8,12,14,16H,4,9-11H2,1-3H3. The molecule has 0 saturated heterocycles. The Morgan fingerprint density at radius 2 is 1.94 bits per heavy atom. The number of aryl methyl sites for hydroxylation is 1. The van der Waals surface area contributed by atoms with Gasteiger partial charge < -0.3 is 5.11 Å². The van der Waals surface area contributed by atoms with Crippen LogP contribution in [0.15, 0.2) is 24.3 Å². The molecule has 0 aliphatic heterocycles. The van der Waals surface area contributed by atoms with E-state index in [0.717, 1.165) is 12.8 Å². The summed E-state index contributed by atoms with van der Waals surface area (Å²) in [6.45, 7) is 6.93. The van der Waals surface area contributed by atoms with Crippen molar-refractivity contribution in [1.82, 2.24) is 0 Å². The Morgan fingerprint density at radius 3 is 2.50 bits per heavy atom. The molecule has 1 nitrogen and oxygen atoms in total. The van der Waals surface area contributed by atoms with Crippen molar-refractivity contribution in [2.24, 2.45) is 11.8 Å². The van der Waals surface area contributed by atoms with Crippen LogP contribution in [0.4, 0.5) is 0 Å². The van der Waals surface area contributed by atoms with Gasteiger partial charge in [-0.1, -0.05) is 44.5 Å². The lowest BCUT2D eigenvalue weighted by molar-refractivity contribution is 0.201. The number of rotatable bonds is 6. The summed E-state index contributed by atoms with van der Waals surface area (Å²) >= 11 is 0. The highest BCUT2D eigenvalue weighted by Crippen LogP contribution is 2.20. The van der Waals surface area contributed by atoms with Gasteiger partial charge in [-0.3, -0.25) is 0 Å². The summed E-state index contributed by atoms with van der Waals surface area (Å²) in [7, 11) is 0. The molecule has 0 aromatic heterocycles. The van der Waals surface area contributed by atoms with Crippen LogP contribution in [-0.4, -0.2) is 11.7 Å². The molecule has 1 aromatic rings. The highest BCUT2D eigenvalue weighted by atomic mass is 16.3. The van der Waals surface area contributed by atoms with E-state index < -0.39 is 0 Å². The van der Waals surface area contributed by atoms with Crippen molar-refractivity contribution < 1.29 is 5.11 Å². The third-order valence-corrected chi connectivity index (χ3v) is 3.46. The van der Waals surface area contributed by atoms with E-state index in [1.807, 2.05) is 0 Å². The van der Waals surface area contributed by atoms with E-state index in [0.29, 0.717) is 18.4 Å². The zero-order valence-electron chi connectivity index (χ0n) is 10.7. The summed E-state index contributed by atoms with van der Waals surface area (Å²) in [6.07, 6.45) is 3.33. The van der Waals surface area contributed by atoms with Crippen LogP contribution in [0.1, 0.15) is 37.8 Å². The molecule has 0 aliphatic carbocycles. The Kier molecular flexibility index (Phi) is 5.54. The molecule has 2 atom stereocenters. The fourth-order valence-corrected chi connectivity index (χ4v) is 2.11. The maximum Gasteiger partial charge on any atom is 0.0462 e. The molecule has 0 aliphatic rings. The van der Waals surface area contributed by atoms with Gasteiger partial charge in [0.15, 0.2) is 0 Å². The number of benzene rings is 1. The average Bonchev–Trinajstić information content (AvgIpc) is 2.30. The van der Waals surface area contributed by atoms with Crippen molar-refractivity contribution in [3.05, 3.63) is 35.4 Å². The van der Waals surface area contributed by atoms with Gasteiger partial charge in [-0.15, -0.1) is 0 Å². The van der Waals surface area contributed by atoms with Crippen LogP contribution in [0.25, 0.3) is 0 Å². The van der Waals surface area contributed by atoms with Gasteiger partial charge in [-0.25, -0.2) is 0 Å². The molecule has 1 heteroatoms. The lowest BCUT2D eigenvalue weighted by Crippen LogP contribution is -2.14. The summed E-state index contributed by atoms with van der Waals surface area (Å²) < 4.78 is 0. The van der Waals surface area contributed by atoms with Gasteiger partial charge in [0.05, 0.1) is 0 Å². The quantitative estimate of drug-likeness (QED) is 0.777. The van der Waals surface area contributed by atoms with Crippen LogP contribution in [0.3, 0.4) is 0 Å². The van der Waals surface area contributed by atoms with E-state index in [4.69, 9.17) is 0 Å². The molecule has 0 bridgehead atoms. The molecule has 0 heterocycles. The maximum atomic E-state index is 9.42. The fourth-order valence-electron chi connectivity index (χ4n) is 2.11. The summed E-state index contributed by atoms with van der Waals surface area (Å²) in [6, 6.07) is 8.48. The first-order valence-electron chi connectivity index (χ1n) is 6.32. The molecule has 1 N–H and O–H groups in total. The number of hydrogen-bond donors (Lipinski definition) is 1. The molecule has 0 spiro atoms. The minimum Gasteiger partial charge on any atom is -0.396 e. The lowest BCUT2D eigenvalue weighted by atomic mass is 9.88. The van der Waals surface area contributed by atoms with Crippen molar-refractivity contribution in [2.45, 2.75) is 40.0 Å². The number of hydrogen-bond acceptors (Lipinski definition) is 1. The van der Waals surface area contributed by atoms with E-state index in [-0.39, 0.29) is 0 Å². The molecule has 1 rings (SSSR count). The van der Waals surface area contributed by atoms with Crippen LogP contribution >= 0.6 is 0 Å². The Hall–Kier alpha value is -0.820. The first-order valence-corrected chi connectivity index (χ1v) is 6.32. The Balaban J connectivity index is 2.60. The summed E-state index contributed by atoms with van der Waals surface area (Å²) in [5.74, 6) is 1.12. The van der Waals surface area contributed by atoms with E-state index >= 15 is 0 Å². The second-order valence-corrected chi connectivity index (χ2v) is 4.93. The highest BCUT2D eigenvalue weighted by molar-refractivity contribution is 5.25. The topological polar surface area (TPSA) is 20.2 Å². The zero-order valence-corrected chi connectivity index (χ0v) is 10.7. The normalized spacial score (nSPS) is 14.8. The molecule has 1 aromatic carbocycles. The summed E-state index contributed by atoms with van der Waals surface area (Å²) in [4.78, 5) is 0. The molecular formula is C15H24O. The second kappa shape index (κ2) is 6.70. The van der Waals surface area contributed by atoms with Crippen LogP contribution in [-0.2, 0) is 6.42 Å². The largest absolute Gasteiger partial charge is 0.396 e. The molecule has 0 radical (unpaired) electrons.